The summed E-state index contributed by atoms with van der Waals surface area (Å²) in [5.74, 6) is 0.946. The third-order valence-corrected chi connectivity index (χ3v) is 6.25. The van der Waals surface area contributed by atoms with Gasteiger partial charge in [-0.2, -0.15) is 0 Å². The summed E-state index contributed by atoms with van der Waals surface area (Å²) in [5, 5.41) is 10.6. The van der Waals surface area contributed by atoms with Gasteiger partial charge in [-0.3, -0.25) is 0 Å². The van der Waals surface area contributed by atoms with Gasteiger partial charge in [0.1, 0.15) is 5.82 Å². The van der Waals surface area contributed by atoms with Crippen LogP contribution in [0, 0.1) is 11.7 Å². The molecule has 2 atom stereocenters. The van der Waals surface area contributed by atoms with Crippen LogP contribution in [-0.2, 0) is 6.42 Å². The normalized spacial score (nSPS) is 24.8. The summed E-state index contributed by atoms with van der Waals surface area (Å²) in [5.41, 5.74) is 2.99. The van der Waals surface area contributed by atoms with Gasteiger partial charge in [-0.05, 0) is 79.8 Å². The van der Waals surface area contributed by atoms with Crippen LogP contribution in [0.4, 0.5) is 4.39 Å². The largest absolute Gasteiger partial charge is 0.388 e. The van der Waals surface area contributed by atoms with Crippen molar-refractivity contribution in [3.8, 4) is 0 Å². The molecule has 138 valence electrons. The number of fused-ring (bicyclic) bond motifs is 1. The van der Waals surface area contributed by atoms with Crippen LogP contribution in [-0.4, -0.2) is 29.6 Å². The average Bonchev–Trinajstić information content (AvgIpc) is 2.83. The molecular formula is C23H28FNO. The molecule has 2 unspecified atom stereocenters. The summed E-state index contributed by atoms with van der Waals surface area (Å²) in [6, 6.07) is 15.9. The first-order valence-corrected chi connectivity index (χ1v) is 9.93. The van der Waals surface area contributed by atoms with Crippen LogP contribution in [0.3, 0.4) is 0 Å². The fraction of sp³-hybridized carbons (Fsp3) is 0.478. The van der Waals surface area contributed by atoms with E-state index in [1.807, 2.05) is 6.07 Å². The molecule has 1 fully saturated rings. The predicted molar refractivity (Wildman–Crippen MR) is 103 cm³/mol. The van der Waals surface area contributed by atoms with Crippen molar-refractivity contribution in [3.63, 3.8) is 0 Å². The second kappa shape index (κ2) is 7.89. The molecule has 2 aromatic carbocycles. The minimum absolute atomic E-state index is 0.161. The molecule has 2 aliphatic rings. The molecule has 0 saturated carbocycles. The van der Waals surface area contributed by atoms with E-state index in [0.717, 1.165) is 50.0 Å². The standard InChI is InChI=1S/C23H28FNO/c24-22-8-4-7-21-20(22)10-9-17(15-23(21)26)16-25-13-11-19(12-14-25)18-5-2-1-3-6-18/h1-8,17,19,23,26H,9-16H2. The molecule has 0 spiro atoms. The highest BCUT2D eigenvalue weighted by molar-refractivity contribution is 5.31. The summed E-state index contributed by atoms with van der Waals surface area (Å²) in [6.45, 7) is 3.26. The Hall–Kier alpha value is -1.71. The van der Waals surface area contributed by atoms with Gasteiger partial charge in [0.15, 0.2) is 0 Å². The summed E-state index contributed by atoms with van der Waals surface area (Å²) < 4.78 is 14.1. The Morgan fingerprint density at radius 2 is 1.73 bits per heavy atom. The number of hydrogen-bond acceptors (Lipinski definition) is 2. The van der Waals surface area contributed by atoms with Crippen molar-refractivity contribution in [2.45, 2.75) is 44.1 Å². The number of nitrogens with zero attached hydrogens (tertiary/aromatic N) is 1. The number of rotatable bonds is 3. The highest BCUT2D eigenvalue weighted by atomic mass is 19.1. The summed E-state index contributed by atoms with van der Waals surface area (Å²) in [7, 11) is 0. The first-order chi connectivity index (χ1) is 12.7. The number of likely N-dealkylation sites (tertiary alicyclic amines) is 1. The Balaban J connectivity index is 1.34. The third kappa shape index (κ3) is 3.84. The van der Waals surface area contributed by atoms with Crippen molar-refractivity contribution in [3.05, 3.63) is 71.0 Å². The molecular weight excluding hydrogens is 325 g/mol. The zero-order valence-electron chi connectivity index (χ0n) is 15.3. The van der Waals surface area contributed by atoms with Gasteiger partial charge in [-0.1, -0.05) is 42.5 Å². The van der Waals surface area contributed by atoms with Crippen LogP contribution in [0.5, 0.6) is 0 Å². The molecule has 1 heterocycles. The number of piperidine rings is 1. The maximum Gasteiger partial charge on any atom is 0.126 e. The lowest BCUT2D eigenvalue weighted by molar-refractivity contribution is 0.117. The van der Waals surface area contributed by atoms with Gasteiger partial charge in [0.05, 0.1) is 6.10 Å². The molecule has 1 aliphatic heterocycles. The topological polar surface area (TPSA) is 23.5 Å². The maximum absolute atomic E-state index is 14.1. The predicted octanol–water partition coefficient (Wildman–Crippen LogP) is 4.69. The van der Waals surface area contributed by atoms with Gasteiger partial charge in [0, 0.05) is 6.54 Å². The molecule has 1 N–H and O–H groups in total. The van der Waals surface area contributed by atoms with Gasteiger partial charge in [-0.15, -0.1) is 0 Å². The minimum atomic E-state index is -0.532. The zero-order valence-corrected chi connectivity index (χ0v) is 15.3. The Morgan fingerprint density at radius 3 is 2.50 bits per heavy atom. The molecule has 2 aromatic rings. The first kappa shape index (κ1) is 17.7. The van der Waals surface area contributed by atoms with E-state index in [-0.39, 0.29) is 5.82 Å². The van der Waals surface area contributed by atoms with Crippen molar-refractivity contribution in [2.24, 2.45) is 5.92 Å². The van der Waals surface area contributed by atoms with Crippen LogP contribution in [0.15, 0.2) is 48.5 Å². The lowest BCUT2D eigenvalue weighted by atomic mass is 9.88. The quantitative estimate of drug-likeness (QED) is 0.809. The highest BCUT2D eigenvalue weighted by Crippen LogP contribution is 2.35. The van der Waals surface area contributed by atoms with Crippen LogP contribution in [0.2, 0.25) is 0 Å². The lowest BCUT2D eigenvalue weighted by Gasteiger charge is -2.34. The van der Waals surface area contributed by atoms with E-state index < -0.39 is 6.10 Å². The van der Waals surface area contributed by atoms with Gasteiger partial charge >= 0.3 is 0 Å². The smallest absolute Gasteiger partial charge is 0.126 e. The Labute approximate surface area is 155 Å². The molecule has 2 nitrogen and oxygen atoms in total. The van der Waals surface area contributed by atoms with Crippen LogP contribution < -0.4 is 0 Å². The third-order valence-electron chi connectivity index (χ3n) is 6.25. The molecule has 0 bridgehead atoms. The van der Waals surface area contributed by atoms with Crippen LogP contribution >= 0.6 is 0 Å². The molecule has 0 amide bonds. The van der Waals surface area contributed by atoms with E-state index in [9.17, 15) is 9.50 Å². The number of halogens is 1. The van der Waals surface area contributed by atoms with Gasteiger partial charge in [-0.25, -0.2) is 4.39 Å². The second-order valence-electron chi connectivity index (χ2n) is 7.95. The first-order valence-electron chi connectivity index (χ1n) is 9.93. The summed E-state index contributed by atoms with van der Waals surface area (Å²) in [6.07, 6.45) is 4.32. The van der Waals surface area contributed by atoms with Crippen molar-refractivity contribution < 1.29 is 9.50 Å². The molecule has 1 aliphatic carbocycles. The van der Waals surface area contributed by atoms with Crippen molar-refractivity contribution in [1.29, 1.82) is 0 Å². The van der Waals surface area contributed by atoms with E-state index >= 15 is 0 Å². The molecule has 0 radical (unpaired) electrons. The van der Waals surface area contributed by atoms with Gasteiger partial charge in [0.25, 0.3) is 0 Å². The van der Waals surface area contributed by atoms with E-state index in [1.165, 1.54) is 24.5 Å². The van der Waals surface area contributed by atoms with E-state index in [2.05, 4.69) is 35.2 Å². The molecule has 26 heavy (non-hydrogen) atoms. The fourth-order valence-corrected chi connectivity index (χ4v) is 4.77. The van der Waals surface area contributed by atoms with E-state index in [4.69, 9.17) is 0 Å². The Kier molecular flexibility index (Phi) is 5.37. The van der Waals surface area contributed by atoms with Gasteiger partial charge < -0.3 is 10.0 Å². The SMILES string of the molecule is OC1CC(CN2CCC(c3ccccc3)CC2)CCc2c(F)cccc21. The van der Waals surface area contributed by atoms with Gasteiger partial charge in [0.2, 0.25) is 0 Å². The van der Waals surface area contributed by atoms with Crippen LogP contribution in [0.25, 0.3) is 0 Å². The van der Waals surface area contributed by atoms with E-state index in [0.29, 0.717) is 11.8 Å². The molecule has 0 aromatic heterocycles. The van der Waals surface area contributed by atoms with Crippen molar-refractivity contribution in [1.82, 2.24) is 4.90 Å². The van der Waals surface area contributed by atoms with Crippen molar-refractivity contribution in [2.75, 3.05) is 19.6 Å². The Bertz CT molecular complexity index is 724. The van der Waals surface area contributed by atoms with E-state index in [1.54, 1.807) is 6.07 Å². The summed E-state index contributed by atoms with van der Waals surface area (Å²) in [4.78, 5) is 2.54. The second-order valence-corrected chi connectivity index (χ2v) is 7.95. The fourth-order valence-electron chi connectivity index (χ4n) is 4.77. The number of aliphatic hydroxyl groups is 1. The lowest BCUT2D eigenvalue weighted by Crippen LogP contribution is -2.36. The highest BCUT2D eigenvalue weighted by Gasteiger charge is 2.28. The molecule has 4 rings (SSSR count). The van der Waals surface area contributed by atoms with Crippen LogP contribution in [0.1, 0.15) is 54.4 Å². The monoisotopic (exact) mass is 353 g/mol. The summed E-state index contributed by atoms with van der Waals surface area (Å²) >= 11 is 0. The maximum atomic E-state index is 14.1. The minimum Gasteiger partial charge on any atom is -0.388 e. The van der Waals surface area contributed by atoms with Crippen molar-refractivity contribution >= 4 is 0 Å². The number of hydrogen-bond donors (Lipinski definition) is 1. The zero-order chi connectivity index (χ0) is 17.9. The molecule has 1 saturated heterocycles. The molecule has 3 heteroatoms. The average molecular weight is 353 g/mol. The number of benzene rings is 2. The number of aliphatic hydroxyl groups excluding tert-OH is 1. The Morgan fingerprint density at radius 1 is 0.962 bits per heavy atom.